The fourth-order valence-electron chi connectivity index (χ4n) is 1.14. The number of rotatable bonds is 2. The van der Waals surface area contributed by atoms with E-state index in [-0.39, 0.29) is 0 Å². The summed E-state index contributed by atoms with van der Waals surface area (Å²) in [6, 6.07) is 5.95. The molecule has 1 heterocycles. The van der Waals surface area contributed by atoms with Crippen LogP contribution in [0.4, 0.5) is 0 Å². The van der Waals surface area contributed by atoms with Crippen LogP contribution in [-0.4, -0.2) is 12.1 Å². The number of benzene rings is 1. The minimum Gasteiger partial charge on any atom is -0.497 e. The average Bonchev–Trinajstić information content (AvgIpc) is 2.58. The third-order valence-electron chi connectivity index (χ3n) is 1.75. The van der Waals surface area contributed by atoms with Gasteiger partial charge < -0.3 is 4.74 Å². The second-order valence-electron chi connectivity index (χ2n) is 2.57. The van der Waals surface area contributed by atoms with Crippen molar-refractivity contribution in [3.8, 4) is 5.75 Å². The third-order valence-corrected chi connectivity index (χ3v) is 3.69. The monoisotopic (exact) mass is 257 g/mol. The van der Waals surface area contributed by atoms with E-state index < -0.39 is 0 Å². The number of ether oxygens (including phenoxy) is 1. The van der Waals surface area contributed by atoms with Crippen LogP contribution in [0.5, 0.6) is 5.75 Å². The second-order valence-corrected chi connectivity index (χ2v) is 4.25. The van der Waals surface area contributed by atoms with Gasteiger partial charge in [0.2, 0.25) is 0 Å². The van der Waals surface area contributed by atoms with Crippen LogP contribution in [0.25, 0.3) is 10.2 Å². The Morgan fingerprint density at radius 1 is 1.54 bits per heavy atom. The van der Waals surface area contributed by atoms with Gasteiger partial charge in [-0.2, -0.15) is 0 Å². The maximum absolute atomic E-state index is 5.12. The van der Waals surface area contributed by atoms with E-state index in [1.165, 1.54) is 4.70 Å². The number of methoxy groups -OCH3 is 1. The number of hydrogen-bond acceptors (Lipinski definition) is 3. The van der Waals surface area contributed by atoms with Gasteiger partial charge in [0.25, 0.3) is 0 Å². The Bertz CT molecular complexity index is 424. The van der Waals surface area contributed by atoms with Gasteiger partial charge >= 0.3 is 0 Å². The Labute approximate surface area is 88.7 Å². The largest absolute Gasteiger partial charge is 0.497 e. The fourth-order valence-corrected chi connectivity index (χ4v) is 2.41. The van der Waals surface area contributed by atoms with E-state index in [0.29, 0.717) is 0 Å². The first-order valence-electron chi connectivity index (χ1n) is 3.83. The molecule has 0 amide bonds. The summed E-state index contributed by atoms with van der Waals surface area (Å²) >= 11 is 5.09. The van der Waals surface area contributed by atoms with Crippen molar-refractivity contribution in [2.45, 2.75) is 5.33 Å². The molecule has 68 valence electrons. The maximum atomic E-state index is 5.12. The molecule has 0 saturated carbocycles. The van der Waals surface area contributed by atoms with Crippen LogP contribution in [0.2, 0.25) is 0 Å². The van der Waals surface area contributed by atoms with Crippen molar-refractivity contribution in [3.05, 3.63) is 23.2 Å². The Balaban J connectivity index is 2.57. The highest BCUT2D eigenvalue weighted by Crippen LogP contribution is 2.26. The zero-order valence-corrected chi connectivity index (χ0v) is 9.48. The summed E-state index contributed by atoms with van der Waals surface area (Å²) < 4.78 is 6.32. The van der Waals surface area contributed by atoms with E-state index in [0.717, 1.165) is 21.6 Å². The van der Waals surface area contributed by atoms with Gasteiger partial charge in [-0.1, -0.05) is 15.9 Å². The highest BCUT2D eigenvalue weighted by atomic mass is 79.9. The molecule has 4 heteroatoms. The molecular weight excluding hydrogens is 250 g/mol. The highest BCUT2D eigenvalue weighted by molar-refractivity contribution is 9.08. The van der Waals surface area contributed by atoms with Gasteiger partial charge in [-0.3, -0.25) is 0 Å². The molecule has 0 aliphatic rings. The number of hydrogen-bond donors (Lipinski definition) is 0. The van der Waals surface area contributed by atoms with Crippen LogP contribution in [0, 0.1) is 0 Å². The average molecular weight is 258 g/mol. The van der Waals surface area contributed by atoms with E-state index in [9.17, 15) is 0 Å². The van der Waals surface area contributed by atoms with Gasteiger partial charge in [-0.15, -0.1) is 11.3 Å². The predicted molar refractivity (Wildman–Crippen MR) is 58.8 cm³/mol. The summed E-state index contributed by atoms with van der Waals surface area (Å²) in [6.45, 7) is 0. The second kappa shape index (κ2) is 3.64. The Morgan fingerprint density at radius 2 is 2.38 bits per heavy atom. The lowest BCUT2D eigenvalue weighted by molar-refractivity contribution is 0.415. The van der Waals surface area contributed by atoms with Crippen molar-refractivity contribution in [1.29, 1.82) is 0 Å². The molecule has 1 aromatic carbocycles. The zero-order chi connectivity index (χ0) is 9.26. The minimum absolute atomic E-state index is 0.814. The van der Waals surface area contributed by atoms with Gasteiger partial charge in [-0.25, -0.2) is 4.98 Å². The van der Waals surface area contributed by atoms with E-state index in [1.54, 1.807) is 18.4 Å². The van der Waals surface area contributed by atoms with Gasteiger partial charge in [0.15, 0.2) is 0 Å². The van der Waals surface area contributed by atoms with Crippen molar-refractivity contribution < 1.29 is 4.74 Å². The van der Waals surface area contributed by atoms with E-state index in [4.69, 9.17) is 4.74 Å². The van der Waals surface area contributed by atoms with Crippen LogP contribution in [0.3, 0.4) is 0 Å². The van der Waals surface area contributed by atoms with E-state index >= 15 is 0 Å². The topological polar surface area (TPSA) is 22.1 Å². The van der Waals surface area contributed by atoms with Crippen molar-refractivity contribution >= 4 is 37.5 Å². The lowest BCUT2D eigenvalue weighted by atomic mass is 10.3. The van der Waals surface area contributed by atoms with E-state index in [1.807, 2.05) is 18.2 Å². The molecule has 2 nitrogen and oxygen atoms in total. The van der Waals surface area contributed by atoms with Crippen LogP contribution in [0.15, 0.2) is 18.2 Å². The van der Waals surface area contributed by atoms with Gasteiger partial charge in [0.1, 0.15) is 10.8 Å². The standard InChI is InChI=1S/C9H8BrNOS/c1-12-6-2-3-8-7(4-6)11-9(5-10)13-8/h2-4H,5H2,1H3. The molecule has 13 heavy (non-hydrogen) atoms. The van der Waals surface area contributed by atoms with Crippen LogP contribution in [0.1, 0.15) is 5.01 Å². The first kappa shape index (κ1) is 8.97. The van der Waals surface area contributed by atoms with Crippen molar-refractivity contribution in [1.82, 2.24) is 4.98 Å². The lowest BCUT2D eigenvalue weighted by Gasteiger charge is -1.96. The molecule has 0 bridgehead atoms. The van der Waals surface area contributed by atoms with Crippen LogP contribution in [-0.2, 0) is 5.33 Å². The number of nitrogens with zero attached hydrogens (tertiary/aromatic N) is 1. The minimum atomic E-state index is 0.814. The van der Waals surface area contributed by atoms with Gasteiger partial charge in [0.05, 0.1) is 22.7 Å². The molecule has 2 rings (SSSR count). The summed E-state index contributed by atoms with van der Waals surface area (Å²) in [7, 11) is 1.67. The molecule has 0 spiro atoms. The summed E-state index contributed by atoms with van der Waals surface area (Å²) in [5, 5.41) is 1.91. The Kier molecular flexibility index (Phi) is 2.51. The molecule has 0 fully saturated rings. The lowest BCUT2D eigenvalue weighted by Crippen LogP contribution is -1.81. The summed E-state index contributed by atoms with van der Waals surface area (Å²) in [6.07, 6.45) is 0. The number of halogens is 1. The molecule has 0 aliphatic heterocycles. The third kappa shape index (κ3) is 1.69. The van der Waals surface area contributed by atoms with Gasteiger partial charge in [0, 0.05) is 6.07 Å². The Morgan fingerprint density at radius 3 is 3.08 bits per heavy atom. The summed E-state index contributed by atoms with van der Waals surface area (Å²) in [5.74, 6) is 0.860. The molecule has 0 unspecified atom stereocenters. The highest BCUT2D eigenvalue weighted by Gasteiger charge is 2.03. The number of thiazole rings is 1. The quantitative estimate of drug-likeness (QED) is 0.772. The van der Waals surface area contributed by atoms with Crippen molar-refractivity contribution in [2.75, 3.05) is 7.11 Å². The summed E-state index contributed by atoms with van der Waals surface area (Å²) in [4.78, 5) is 4.43. The van der Waals surface area contributed by atoms with Crippen molar-refractivity contribution in [2.24, 2.45) is 0 Å². The number of aromatic nitrogens is 1. The van der Waals surface area contributed by atoms with E-state index in [2.05, 4.69) is 20.9 Å². The molecular formula is C9H8BrNOS. The first-order valence-corrected chi connectivity index (χ1v) is 5.76. The number of fused-ring (bicyclic) bond motifs is 1. The normalized spacial score (nSPS) is 10.6. The van der Waals surface area contributed by atoms with Crippen LogP contribution < -0.4 is 4.74 Å². The smallest absolute Gasteiger partial charge is 0.121 e. The fraction of sp³-hybridized carbons (Fsp3) is 0.222. The molecule has 0 radical (unpaired) electrons. The molecule has 0 atom stereocenters. The molecule has 2 aromatic rings. The van der Waals surface area contributed by atoms with Crippen LogP contribution >= 0.6 is 27.3 Å². The first-order chi connectivity index (χ1) is 6.33. The predicted octanol–water partition coefficient (Wildman–Crippen LogP) is 3.20. The number of alkyl halides is 1. The Hall–Kier alpha value is -0.610. The maximum Gasteiger partial charge on any atom is 0.121 e. The zero-order valence-electron chi connectivity index (χ0n) is 7.08. The molecule has 0 N–H and O–H groups in total. The van der Waals surface area contributed by atoms with Gasteiger partial charge in [-0.05, 0) is 12.1 Å². The summed E-state index contributed by atoms with van der Waals surface area (Å²) in [5.41, 5.74) is 1.01. The SMILES string of the molecule is COc1ccc2sc(CBr)nc2c1. The molecule has 0 aliphatic carbocycles. The molecule has 1 aromatic heterocycles. The molecule has 0 saturated heterocycles. The van der Waals surface area contributed by atoms with Crippen molar-refractivity contribution in [3.63, 3.8) is 0 Å².